The van der Waals surface area contributed by atoms with E-state index < -0.39 is 5.54 Å². The molecule has 5 nitrogen and oxygen atoms in total. The number of carbonyl (C=O) groups excluding carboxylic acids is 1. The summed E-state index contributed by atoms with van der Waals surface area (Å²) in [4.78, 5) is 11.8. The van der Waals surface area contributed by atoms with Crippen LogP contribution in [0.4, 0.5) is 0 Å². The molecule has 0 spiro atoms. The summed E-state index contributed by atoms with van der Waals surface area (Å²) in [5, 5.41) is 20.4. The van der Waals surface area contributed by atoms with Crippen molar-refractivity contribution in [1.29, 1.82) is 10.5 Å². The van der Waals surface area contributed by atoms with Gasteiger partial charge in [-0.2, -0.15) is 10.5 Å². The van der Waals surface area contributed by atoms with E-state index in [2.05, 4.69) is 11.4 Å². The molecular formula is C15H17N3O2. The molecule has 0 heterocycles. The molecule has 1 aromatic carbocycles. The molecule has 1 N–H and O–H groups in total. The number of hydrogen-bond donors (Lipinski definition) is 1. The van der Waals surface area contributed by atoms with Gasteiger partial charge in [0.15, 0.2) is 6.61 Å². The summed E-state index contributed by atoms with van der Waals surface area (Å²) < 4.78 is 5.31. The molecule has 1 amide bonds. The van der Waals surface area contributed by atoms with Crippen LogP contribution in [0.25, 0.3) is 0 Å². The highest BCUT2D eigenvalue weighted by Gasteiger charge is 2.29. The normalized spacial score (nSPS) is 12.9. The van der Waals surface area contributed by atoms with Crippen LogP contribution in [0.2, 0.25) is 0 Å². The van der Waals surface area contributed by atoms with Crippen molar-refractivity contribution in [3.05, 3.63) is 29.8 Å². The van der Waals surface area contributed by atoms with E-state index in [0.717, 1.165) is 0 Å². The van der Waals surface area contributed by atoms with Gasteiger partial charge in [0.25, 0.3) is 5.91 Å². The van der Waals surface area contributed by atoms with Gasteiger partial charge in [-0.25, -0.2) is 0 Å². The SMILES string of the molecule is CC(C)[C@](C)(C#N)NC(=O)COc1ccc(C#N)cc1. The number of carbonyl (C=O) groups is 1. The van der Waals surface area contributed by atoms with Crippen molar-refractivity contribution >= 4 is 5.91 Å². The van der Waals surface area contributed by atoms with Crippen LogP contribution in [-0.2, 0) is 4.79 Å². The maximum Gasteiger partial charge on any atom is 0.259 e. The number of amides is 1. The molecule has 0 fully saturated rings. The van der Waals surface area contributed by atoms with Crippen molar-refractivity contribution in [3.8, 4) is 17.9 Å². The Morgan fingerprint density at radius 2 is 1.95 bits per heavy atom. The maximum atomic E-state index is 11.8. The predicted octanol–water partition coefficient (Wildman–Crippen LogP) is 1.99. The summed E-state index contributed by atoms with van der Waals surface area (Å²) in [6, 6.07) is 10.6. The number of benzene rings is 1. The van der Waals surface area contributed by atoms with Crippen molar-refractivity contribution in [2.75, 3.05) is 6.61 Å². The van der Waals surface area contributed by atoms with Crippen molar-refractivity contribution in [1.82, 2.24) is 5.32 Å². The first kappa shape index (κ1) is 15.5. The average molecular weight is 271 g/mol. The lowest BCUT2D eigenvalue weighted by Gasteiger charge is -2.27. The number of rotatable bonds is 5. The van der Waals surface area contributed by atoms with Gasteiger partial charge in [0.1, 0.15) is 11.3 Å². The molecular weight excluding hydrogens is 254 g/mol. The van der Waals surface area contributed by atoms with Gasteiger partial charge in [0.2, 0.25) is 0 Å². The largest absolute Gasteiger partial charge is 0.484 e. The molecule has 5 heteroatoms. The van der Waals surface area contributed by atoms with Crippen LogP contribution in [0.5, 0.6) is 5.75 Å². The standard InChI is InChI=1S/C15H17N3O2/c1-11(2)15(3,10-17)18-14(19)9-20-13-6-4-12(8-16)5-7-13/h4-7,11H,9H2,1-3H3,(H,18,19)/t15-/m0/s1. The third kappa shape index (κ3) is 4.00. The number of ether oxygens (including phenoxy) is 1. The minimum atomic E-state index is -0.912. The Hall–Kier alpha value is -2.53. The summed E-state index contributed by atoms with van der Waals surface area (Å²) in [5.41, 5.74) is -0.385. The van der Waals surface area contributed by atoms with Gasteiger partial charge in [0, 0.05) is 0 Å². The fraction of sp³-hybridized carbons (Fsp3) is 0.400. The first-order valence-electron chi connectivity index (χ1n) is 6.26. The second-order valence-corrected chi connectivity index (χ2v) is 4.94. The van der Waals surface area contributed by atoms with Crippen molar-refractivity contribution < 1.29 is 9.53 Å². The van der Waals surface area contributed by atoms with E-state index in [1.54, 1.807) is 31.2 Å². The van der Waals surface area contributed by atoms with E-state index in [1.165, 1.54) is 0 Å². The van der Waals surface area contributed by atoms with Crippen LogP contribution in [0, 0.1) is 28.6 Å². The Morgan fingerprint density at radius 3 is 2.40 bits per heavy atom. The van der Waals surface area contributed by atoms with E-state index in [4.69, 9.17) is 15.3 Å². The zero-order valence-electron chi connectivity index (χ0n) is 11.8. The Morgan fingerprint density at radius 1 is 1.35 bits per heavy atom. The van der Waals surface area contributed by atoms with Crippen molar-refractivity contribution in [3.63, 3.8) is 0 Å². The lowest BCUT2D eigenvalue weighted by Crippen LogP contribution is -2.50. The molecule has 104 valence electrons. The van der Waals surface area contributed by atoms with E-state index in [0.29, 0.717) is 11.3 Å². The average Bonchev–Trinajstić information content (AvgIpc) is 2.45. The van der Waals surface area contributed by atoms with Crippen LogP contribution in [0.15, 0.2) is 24.3 Å². The molecule has 1 rings (SSSR count). The van der Waals surface area contributed by atoms with Gasteiger partial charge in [0.05, 0.1) is 17.7 Å². The smallest absolute Gasteiger partial charge is 0.259 e. The zero-order chi connectivity index (χ0) is 15.2. The zero-order valence-corrected chi connectivity index (χ0v) is 11.8. The minimum Gasteiger partial charge on any atom is -0.484 e. The van der Waals surface area contributed by atoms with Gasteiger partial charge in [-0.3, -0.25) is 4.79 Å². The molecule has 1 aromatic rings. The van der Waals surface area contributed by atoms with Crippen molar-refractivity contribution in [2.24, 2.45) is 5.92 Å². The highest BCUT2D eigenvalue weighted by molar-refractivity contribution is 5.78. The number of nitriles is 2. The molecule has 0 aliphatic heterocycles. The summed E-state index contributed by atoms with van der Waals surface area (Å²) in [5.74, 6) is 0.140. The van der Waals surface area contributed by atoms with E-state index in [1.807, 2.05) is 19.9 Å². The molecule has 0 saturated carbocycles. The highest BCUT2D eigenvalue weighted by Crippen LogP contribution is 2.15. The lowest BCUT2D eigenvalue weighted by molar-refractivity contribution is -0.124. The van der Waals surface area contributed by atoms with Crippen molar-refractivity contribution in [2.45, 2.75) is 26.3 Å². The quantitative estimate of drug-likeness (QED) is 0.887. The highest BCUT2D eigenvalue weighted by atomic mass is 16.5. The molecule has 0 aliphatic carbocycles. The minimum absolute atomic E-state index is 0.00800. The number of nitrogens with one attached hydrogen (secondary N) is 1. The fourth-order valence-corrected chi connectivity index (χ4v) is 1.40. The van der Waals surface area contributed by atoms with Crippen LogP contribution in [0.1, 0.15) is 26.3 Å². The molecule has 0 radical (unpaired) electrons. The first-order valence-corrected chi connectivity index (χ1v) is 6.26. The Kier molecular flexibility index (Phi) is 5.11. The van der Waals surface area contributed by atoms with Gasteiger partial charge < -0.3 is 10.1 Å². The van der Waals surface area contributed by atoms with Gasteiger partial charge in [-0.1, -0.05) is 13.8 Å². The summed E-state index contributed by atoms with van der Waals surface area (Å²) in [6.45, 7) is 5.24. The molecule has 0 aliphatic rings. The number of nitrogens with zero attached hydrogens (tertiary/aromatic N) is 2. The molecule has 0 aromatic heterocycles. The Balaban J connectivity index is 2.55. The molecule has 0 saturated heterocycles. The predicted molar refractivity (Wildman–Crippen MR) is 73.7 cm³/mol. The molecule has 0 unspecified atom stereocenters. The third-order valence-corrected chi connectivity index (χ3v) is 3.14. The van der Waals surface area contributed by atoms with Crippen LogP contribution < -0.4 is 10.1 Å². The topological polar surface area (TPSA) is 85.9 Å². The van der Waals surface area contributed by atoms with Crippen LogP contribution in [-0.4, -0.2) is 18.1 Å². The summed E-state index contributed by atoms with van der Waals surface area (Å²) in [6.07, 6.45) is 0. The first-order chi connectivity index (χ1) is 9.41. The van der Waals surface area contributed by atoms with Gasteiger partial charge in [-0.05, 0) is 37.1 Å². The van der Waals surface area contributed by atoms with Crippen LogP contribution in [0.3, 0.4) is 0 Å². The molecule has 1 atom stereocenters. The molecule has 0 bridgehead atoms. The van der Waals surface area contributed by atoms with E-state index in [9.17, 15) is 4.79 Å². The molecule has 20 heavy (non-hydrogen) atoms. The second kappa shape index (κ2) is 6.58. The van der Waals surface area contributed by atoms with E-state index >= 15 is 0 Å². The maximum absolute atomic E-state index is 11.8. The van der Waals surface area contributed by atoms with E-state index in [-0.39, 0.29) is 18.4 Å². The summed E-state index contributed by atoms with van der Waals surface area (Å²) >= 11 is 0. The lowest BCUT2D eigenvalue weighted by atomic mass is 9.90. The summed E-state index contributed by atoms with van der Waals surface area (Å²) in [7, 11) is 0. The monoisotopic (exact) mass is 271 g/mol. The van der Waals surface area contributed by atoms with Gasteiger partial charge in [-0.15, -0.1) is 0 Å². The fourth-order valence-electron chi connectivity index (χ4n) is 1.40. The number of hydrogen-bond acceptors (Lipinski definition) is 4. The third-order valence-electron chi connectivity index (χ3n) is 3.14. The Labute approximate surface area is 118 Å². The van der Waals surface area contributed by atoms with Crippen LogP contribution >= 0.6 is 0 Å². The van der Waals surface area contributed by atoms with Gasteiger partial charge >= 0.3 is 0 Å². The Bertz CT molecular complexity index is 552. The second-order valence-electron chi connectivity index (χ2n) is 4.94.